The van der Waals surface area contributed by atoms with E-state index >= 15 is 0 Å². The summed E-state index contributed by atoms with van der Waals surface area (Å²) in [4.78, 5) is 17.7. The van der Waals surface area contributed by atoms with E-state index in [1.165, 1.54) is 5.56 Å². The second-order valence-corrected chi connectivity index (χ2v) is 7.54. The van der Waals surface area contributed by atoms with E-state index in [2.05, 4.69) is 31.0 Å². The summed E-state index contributed by atoms with van der Waals surface area (Å²) in [6.45, 7) is 7.12. The third-order valence-electron chi connectivity index (χ3n) is 5.02. The van der Waals surface area contributed by atoms with E-state index in [9.17, 15) is 13.2 Å². The number of anilines is 1. The number of hydrogen-bond donors (Lipinski definition) is 1. The van der Waals surface area contributed by atoms with Crippen LogP contribution in [0.15, 0.2) is 28.9 Å². The zero-order chi connectivity index (χ0) is 22.5. The number of carboxylic acids is 1. The van der Waals surface area contributed by atoms with Gasteiger partial charge in [0.05, 0.1) is 18.8 Å². The van der Waals surface area contributed by atoms with Crippen LogP contribution in [0.5, 0.6) is 0 Å². The first-order valence-corrected chi connectivity index (χ1v) is 9.77. The summed E-state index contributed by atoms with van der Waals surface area (Å²) in [7, 11) is 0. The number of hydrogen-bond acceptors (Lipinski definition) is 8. The number of carboxylic acid groups (broad SMARTS) is 1. The van der Waals surface area contributed by atoms with E-state index in [0.29, 0.717) is 11.9 Å². The van der Waals surface area contributed by atoms with E-state index in [0.717, 1.165) is 52.2 Å². The van der Waals surface area contributed by atoms with Crippen molar-refractivity contribution in [3.8, 4) is 0 Å². The zero-order valence-corrected chi connectivity index (χ0v) is 17.0. The maximum atomic E-state index is 10.6. The molecule has 1 N–H and O–H groups in total. The molecule has 0 aromatic carbocycles. The lowest BCUT2D eigenvalue weighted by Gasteiger charge is -2.47. The first-order valence-electron chi connectivity index (χ1n) is 9.77. The van der Waals surface area contributed by atoms with E-state index < -0.39 is 12.1 Å². The van der Waals surface area contributed by atoms with Gasteiger partial charge in [0.15, 0.2) is 0 Å². The fraction of sp³-hybridized carbons (Fsp3) is 0.579. The zero-order valence-electron chi connectivity index (χ0n) is 17.0. The molecule has 1 spiro atoms. The highest BCUT2D eigenvalue weighted by atomic mass is 19.4. The van der Waals surface area contributed by atoms with Gasteiger partial charge >= 0.3 is 18.2 Å². The Morgan fingerprint density at radius 3 is 2.68 bits per heavy atom. The SMILES string of the molecule is Cc1nnc(N2CCCC3(CN(Cc4cccnc4)CCO3)C2)o1.O=C(O)C(F)(F)F. The van der Waals surface area contributed by atoms with Gasteiger partial charge in [-0.05, 0) is 24.5 Å². The number of aliphatic carboxylic acids is 1. The fourth-order valence-electron chi connectivity index (χ4n) is 3.73. The molecule has 0 saturated carbocycles. The van der Waals surface area contributed by atoms with Crippen LogP contribution in [0.3, 0.4) is 0 Å². The minimum absolute atomic E-state index is 0.152. The number of ether oxygens (including phenoxy) is 1. The van der Waals surface area contributed by atoms with Gasteiger partial charge in [-0.15, -0.1) is 5.10 Å². The molecule has 0 aliphatic carbocycles. The molecule has 4 heterocycles. The number of piperidine rings is 1. The molecule has 4 rings (SSSR count). The highest BCUT2D eigenvalue weighted by Gasteiger charge is 2.41. The van der Waals surface area contributed by atoms with Crippen molar-refractivity contribution in [1.29, 1.82) is 0 Å². The standard InChI is InChI=1S/C17H23N5O2.C2HF3O2/c1-14-19-20-16(24-14)22-7-3-5-17(13-22)12-21(8-9-23-17)11-15-4-2-6-18-10-15;3-2(4,5)1(6)7/h2,4,6,10H,3,5,7-9,11-13H2,1H3;(H,6,7). The lowest BCUT2D eigenvalue weighted by Crippen LogP contribution is -2.59. The van der Waals surface area contributed by atoms with Gasteiger partial charge < -0.3 is 19.2 Å². The molecule has 0 amide bonds. The lowest BCUT2D eigenvalue weighted by molar-refractivity contribution is -0.192. The van der Waals surface area contributed by atoms with Gasteiger partial charge in [-0.1, -0.05) is 11.2 Å². The minimum Gasteiger partial charge on any atom is -0.475 e. The van der Waals surface area contributed by atoms with E-state index in [-0.39, 0.29) is 5.60 Å². The molecule has 1 unspecified atom stereocenters. The molecule has 2 aromatic rings. The van der Waals surface area contributed by atoms with Crippen molar-refractivity contribution in [1.82, 2.24) is 20.1 Å². The van der Waals surface area contributed by atoms with Crippen molar-refractivity contribution in [2.45, 2.75) is 38.1 Å². The van der Waals surface area contributed by atoms with Crippen LogP contribution in [0.4, 0.5) is 19.2 Å². The highest BCUT2D eigenvalue weighted by molar-refractivity contribution is 5.73. The number of pyridine rings is 1. The summed E-state index contributed by atoms with van der Waals surface area (Å²) in [6.07, 6.45) is 0.814. The van der Waals surface area contributed by atoms with Crippen LogP contribution >= 0.6 is 0 Å². The molecule has 31 heavy (non-hydrogen) atoms. The largest absolute Gasteiger partial charge is 0.490 e. The third-order valence-corrected chi connectivity index (χ3v) is 5.02. The predicted octanol–water partition coefficient (Wildman–Crippen LogP) is 2.28. The Hall–Kier alpha value is -2.73. The van der Waals surface area contributed by atoms with Gasteiger partial charge in [0.1, 0.15) is 0 Å². The summed E-state index contributed by atoms with van der Waals surface area (Å²) in [5, 5.41) is 15.2. The summed E-state index contributed by atoms with van der Waals surface area (Å²) >= 11 is 0. The molecule has 0 radical (unpaired) electrons. The normalized spacial score (nSPS) is 22.1. The van der Waals surface area contributed by atoms with Crippen molar-refractivity contribution >= 4 is 12.0 Å². The first kappa shape index (κ1) is 22.9. The van der Waals surface area contributed by atoms with Crippen LogP contribution in [0.1, 0.15) is 24.3 Å². The smallest absolute Gasteiger partial charge is 0.475 e. The fourth-order valence-corrected chi connectivity index (χ4v) is 3.73. The molecule has 9 nitrogen and oxygen atoms in total. The summed E-state index contributed by atoms with van der Waals surface area (Å²) in [5.41, 5.74) is 1.09. The summed E-state index contributed by atoms with van der Waals surface area (Å²) in [6, 6.07) is 4.73. The number of alkyl halides is 3. The van der Waals surface area contributed by atoms with Crippen LogP contribution in [0, 0.1) is 6.92 Å². The Balaban J connectivity index is 0.000000339. The highest BCUT2D eigenvalue weighted by Crippen LogP contribution is 2.31. The molecule has 2 saturated heterocycles. The second kappa shape index (κ2) is 9.60. The molecular weight excluding hydrogens is 419 g/mol. The number of aromatic nitrogens is 3. The molecule has 12 heteroatoms. The Labute approximate surface area is 176 Å². The van der Waals surface area contributed by atoms with Crippen LogP contribution in [0.25, 0.3) is 0 Å². The molecule has 2 fully saturated rings. The number of morpholine rings is 1. The number of carbonyl (C=O) groups is 1. The monoisotopic (exact) mass is 443 g/mol. The lowest BCUT2D eigenvalue weighted by atomic mass is 9.90. The molecule has 2 aliphatic heterocycles. The van der Waals surface area contributed by atoms with E-state index in [4.69, 9.17) is 19.1 Å². The van der Waals surface area contributed by atoms with Crippen LogP contribution in [-0.4, -0.2) is 75.7 Å². The Bertz CT molecular complexity index is 860. The molecule has 170 valence electrons. The van der Waals surface area contributed by atoms with Gasteiger partial charge in [-0.3, -0.25) is 9.88 Å². The average Bonchev–Trinajstić information content (AvgIpc) is 3.15. The second-order valence-electron chi connectivity index (χ2n) is 7.54. The summed E-state index contributed by atoms with van der Waals surface area (Å²) in [5.74, 6) is -2.15. The van der Waals surface area contributed by atoms with E-state index in [1.54, 1.807) is 0 Å². The Morgan fingerprint density at radius 2 is 2.06 bits per heavy atom. The van der Waals surface area contributed by atoms with Gasteiger partial charge in [-0.2, -0.15) is 13.2 Å². The van der Waals surface area contributed by atoms with Crippen LogP contribution in [0.2, 0.25) is 0 Å². The van der Waals surface area contributed by atoms with Crippen molar-refractivity contribution in [3.63, 3.8) is 0 Å². The van der Waals surface area contributed by atoms with Gasteiger partial charge in [0.2, 0.25) is 5.89 Å². The number of rotatable bonds is 3. The number of halogens is 3. The number of aryl methyl sites for hydroxylation is 1. The third kappa shape index (κ3) is 6.37. The Morgan fingerprint density at radius 1 is 1.29 bits per heavy atom. The molecule has 2 aromatic heterocycles. The number of nitrogens with zero attached hydrogens (tertiary/aromatic N) is 5. The maximum Gasteiger partial charge on any atom is 0.490 e. The van der Waals surface area contributed by atoms with Crippen molar-refractivity contribution in [2.24, 2.45) is 0 Å². The van der Waals surface area contributed by atoms with Gasteiger partial charge in [0.25, 0.3) is 0 Å². The van der Waals surface area contributed by atoms with Gasteiger partial charge in [-0.25, -0.2) is 4.79 Å². The van der Waals surface area contributed by atoms with Crippen LogP contribution in [-0.2, 0) is 16.1 Å². The maximum absolute atomic E-state index is 10.6. The van der Waals surface area contributed by atoms with Crippen molar-refractivity contribution in [2.75, 3.05) is 37.7 Å². The summed E-state index contributed by atoms with van der Waals surface area (Å²) < 4.78 is 43.6. The van der Waals surface area contributed by atoms with Crippen molar-refractivity contribution in [3.05, 3.63) is 36.0 Å². The quantitative estimate of drug-likeness (QED) is 0.765. The van der Waals surface area contributed by atoms with Gasteiger partial charge in [0, 0.05) is 45.5 Å². The predicted molar refractivity (Wildman–Crippen MR) is 102 cm³/mol. The minimum atomic E-state index is -5.08. The van der Waals surface area contributed by atoms with E-state index in [1.807, 2.05) is 25.4 Å². The molecule has 0 bridgehead atoms. The topological polar surface area (TPSA) is 105 Å². The first-order chi connectivity index (χ1) is 14.7. The van der Waals surface area contributed by atoms with Crippen LogP contribution < -0.4 is 4.90 Å². The molecule has 2 aliphatic rings. The molecule has 1 atom stereocenters. The Kier molecular flexibility index (Phi) is 7.11. The average molecular weight is 443 g/mol. The molecular formula is C19H24F3N5O4. The van der Waals surface area contributed by atoms with Crippen molar-refractivity contribution < 1.29 is 32.2 Å².